The van der Waals surface area contributed by atoms with E-state index in [1.165, 1.54) is 0 Å². The topological polar surface area (TPSA) is 68.3 Å². The van der Waals surface area contributed by atoms with E-state index in [1.807, 2.05) is 43.3 Å². The van der Waals surface area contributed by atoms with Crippen LogP contribution in [0.15, 0.2) is 48.5 Å². The third-order valence-corrected chi connectivity index (χ3v) is 3.92. The first-order valence-electron chi connectivity index (χ1n) is 7.95. The standard InChI is InChI=1S/C19H19ClN4O2/c1-12-21-18(23-13-7-5-4-6-8-13)11-19(22-12)24-15-10-16(25-2)14(20)9-17(15)26-3/h4-11H,1-3H3,(H2,21,22,23,24). The molecule has 134 valence electrons. The molecule has 0 aliphatic heterocycles. The number of methoxy groups -OCH3 is 2. The number of halogens is 1. The van der Waals surface area contributed by atoms with Crippen molar-refractivity contribution in [1.82, 2.24) is 9.97 Å². The van der Waals surface area contributed by atoms with Gasteiger partial charge in [-0.3, -0.25) is 0 Å². The van der Waals surface area contributed by atoms with Crippen LogP contribution in [-0.4, -0.2) is 24.2 Å². The van der Waals surface area contributed by atoms with Crippen molar-refractivity contribution in [3.8, 4) is 11.5 Å². The molecule has 7 heteroatoms. The van der Waals surface area contributed by atoms with Crippen molar-refractivity contribution >= 4 is 34.6 Å². The van der Waals surface area contributed by atoms with E-state index in [0.717, 1.165) is 5.69 Å². The Labute approximate surface area is 157 Å². The molecule has 0 saturated carbocycles. The molecule has 0 atom stereocenters. The van der Waals surface area contributed by atoms with E-state index in [0.29, 0.717) is 39.7 Å². The molecule has 0 bridgehead atoms. The van der Waals surface area contributed by atoms with Gasteiger partial charge in [0, 0.05) is 23.9 Å². The molecule has 0 saturated heterocycles. The summed E-state index contributed by atoms with van der Waals surface area (Å²) in [6.07, 6.45) is 0. The van der Waals surface area contributed by atoms with Gasteiger partial charge in [0.05, 0.1) is 24.9 Å². The molecular weight excluding hydrogens is 352 g/mol. The van der Waals surface area contributed by atoms with Gasteiger partial charge >= 0.3 is 0 Å². The van der Waals surface area contributed by atoms with Crippen LogP contribution in [0.1, 0.15) is 5.82 Å². The molecular formula is C19H19ClN4O2. The summed E-state index contributed by atoms with van der Waals surface area (Å²) in [5.41, 5.74) is 1.64. The number of hydrogen-bond acceptors (Lipinski definition) is 6. The SMILES string of the molecule is COc1cc(Nc2cc(Nc3ccccc3)nc(C)n2)c(OC)cc1Cl. The second-order valence-corrected chi connectivity index (χ2v) is 5.90. The molecule has 0 unspecified atom stereocenters. The lowest BCUT2D eigenvalue weighted by Gasteiger charge is -2.14. The highest BCUT2D eigenvalue weighted by molar-refractivity contribution is 6.32. The lowest BCUT2D eigenvalue weighted by molar-refractivity contribution is 0.405. The molecule has 2 N–H and O–H groups in total. The lowest BCUT2D eigenvalue weighted by atomic mass is 10.2. The first kappa shape index (κ1) is 17.8. The fraction of sp³-hybridized carbons (Fsp3) is 0.158. The Morgan fingerprint density at radius 1 is 0.846 bits per heavy atom. The monoisotopic (exact) mass is 370 g/mol. The number of aromatic nitrogens is 2. The van der Waals surface area contributed by atoms with E-state index in [2.05, 4.69) is 20.6 Å². The van der Waals surface area contributed by atoms with Crippen molar-refractivity contribution in [2.45, 2.75) is 6.92 Å². The van der Waals surface area contributed by atoms with E-state index in [-0.39, 0.29) is 0 Å². The van der Waals surface area contributed by atoms with Crippen LogP contribution < -0.4 is 20.1 Å². The summed E-state index contributed by atoms with van der Waals surface area (Å²) >= 11 is 6.16. The Bertz CT molecular complexity index is 904. The number of hydrogen-bond donors (Lipinski definition) is 2. The van der Waals surface area contributed by atoms with Crippen LogP contribution in [0.25, 0.3) is 0 Å². The van der Waals surface area contributed by atoms with Crippen LogP contribution in [0.5, 0.6) is 11.5 Å². The Morgan fingerprint density at radius 3 is 2.15 bits per heavy atom. The Balaban J connectivity index is 1.91. The Hall–Kier alpha value is -2.99. The summed E-state index contributed by atoms with van der Waals surface area (Å²) in [4.78, 5) is 8.85. The van der Waals surface area contributed by atoms with Gasteiger partial charge in [-0.1, -0.05) is 29.8 Å². The maximum Gasteiger partial charge on any atom is 0.144 e. The molecule has 2 aromatic carbocycles. The first-order valence-corrected chi connectivity index (χ1v) is 8.33. The summed E-state index contributed by atoms with van der Waals surface area (Å²) in [6.45, 7) is 1.83. The highest BCUT2D eigenvalue weighted by atomic mass is 35.5. The van der Waals surface area contributed by atoms with Gasteiger partial charge in [0.1, 0.15) is 29.0 Å². The molecule has 0 aliphatic carbocycles. The first-order chi connectivity index (χ1) is 12.6. The number of ether oxygens (including phenoxy) is 2. The van der Waals surface area contributed by atoms with Gasteiger partial charge < -0.3 is 20.1 Å². The minimum atomic E-state index is 0.472. The molecule has 3 aromatic rings. The third kappa shape index (κ3) is 4.15. The summed E-state index contributed by atoms with van der Waals surface area (Å²) in [5, 5.41) is 6.97. The number of nitrogens with one attached hydrogen (secondary N) is 2. The summed E-state index contributed by atoms with van der Waals surface area (Å²) < 4.78 is 10.7. The van der Waals surface area contributed by atoms with Crippen molar-refractivity contribution in [2.75, 3.05) is 24.9 Å². The van der Waals surface area contributed by atoms with Crippen LogP contribution in [0.2, 0.25) is 5.02 Å². The lowest BCUT2D eigenvalue weighted by Crippen LogP contribution is -2.02. The molecule has 6 nitrogen and oxygen atoms in total. The van der Waals surface area contributed by atoms with Crippen molar-refractivity contribution in [3.63, 3.8) is 0 Å². The highest BCUT2D eigenvalue weighted by Gasteiger charge is 2.12. The van der Waals surface area contributed by atoms with Crippen LogP contribution in [0, 0.1) is 6.92 Å². The average molecular weight is 371 g/mol. The second-order valence-electron chi connectivity index (χ2n) is 5.49. The van der Waals surface area contributed by atoms with E-state index in [1.54, 1.807) is 26.4 Å². The molecule has 0 aliphatic rings. The molecule has 26 heavy (non-hydrogen) atoms. The van der Waals surface area contributed by atoms with E-state index >= 15 is 0 Å². The van der Waals surface area contributed by atoms with Gasteiger partial charge in [-0.25, -0.2) is 9.97 Å². The Kier molecular flexibility index (Phi) is 5.43. The van der Waals surface area contributed by atoms with E-state index < -0.39 is 0 Å². The van der Waals surface area contributed by atoms with Gasteiger partial charge in [0.15, 0.2) is 0 Å². The van der Waals surface area contributed by atoms with Crippen LogP contribution in [0.3, 0.4) is 0 Å². The third-order valence-electron chi connectivity index (χ3n) is 3.62. The normalized spacial score (nSPS) is 10.3. The van der Waals surface area contributed by atoms with Crippen LogP contribution in [0.4, 0.5) is 23.0 Å². The molecule has 0 spiro atoms. The maximum atomic E-state index is 6.16. The van der Waals surface area contributed by atoms with E-state index in [4.69, 9.17) is 21.1 Å². The van der Waals surface area contributed by atoms with Gasteiger partial charge in [0.2, 0.25) is 0 Å². The van der Waals surface area contributed by atoms with Crippen molar-refractivity contribution in [3.05, 3.63) is 59.4 Å². The molecule has 0 amide bonds. The number of rotatable bonds is 6. The van der Waals surface area contributed by atoms with Gasteiger partial charge in [-0.05, 0) is 19.1 Å². The van der Waals surface area contributed by atoms with Gasteiger partial charge in [0.25, 0.3) is 0 Å². The smallest absolute Gasteiger partial charge is 0.144 e. The number of benzene rings is 2. The summed E-state index contributed by atoms with van der Waals surface area (Å²) in [6, 6.07) is 15.1. The summed E-state index contributed by atoms with van der Waals surface area (Å²) in [5.74, 6) is 3.08. The van der Waals surface area contributed by atoms with Gasteiger partial charge in [-0.15, -0.1) is 0 Å². The fourth-order valence-electron chi connectivity index (χ4n) is 2.46. The van der Waals surface area contributed by atoms with Crippen molar-refractivity contribution in [1.29, 1.82) is 0 Å². The zero-order valence-electron chi connectivity index (χ0n) is 14.7. The fourth-order valence-corrected chi connectivity index (χ4v) is 2.69. The largest absolute Gasteiger partial charge is 0.495 e. The molecule has 0 fully saturated rings. The predicted octanol–water partition coefficient (Wildman–Crippen LogP) is 4.94. The minimum Gasteiger partial charge on any atom is -0.495 e. The molecule has 1 heterocycles. The average Bonchev–Trinajstić information content (AvgIpc) is 2.63. The molecule has 3 rings (SSSR count). The number of nitrogens with zero attached hydrogens (tertiary/aromatic N) is 2. The quantitative estimate of drug-likeness (QED) is 0.640. The highest BCUT2D eigenvalue weighted by Crippen LogP contribution is 2.37. The van der Waals surface area contributed by atoms with Gasteiger partial charge in [-0.2, -0.15) is 0 Å². The number of aryl methyl sites for hydroxylation is 1. The van der Waals surface area contributed by atoms with Crippen molar-refractivity contribution in [2.24, 2.45) is 0 Å². The maximum absolute atomic E-state index is 6.16. The van der Waals surface area contributed by atoms with E-state index in [9.17, 15) is 0 Å². The minimum absolute atomic E-state index is 0.472. The van der Waals surface area contributed by atoms with Crippen LogP contribution >= 0.6 is 11.6 Å². The zero-order chi connectivity index (χ0) is 18.5. The predicted molar refractivity (Wildman–Crippen MR) is 104 cm³/mol. The Morgan fingerprint density at radius 2 is 1.50 bits per heavy atom. The van der Waals surface area contributed by atoms with Crippen LogP contribution in [-0.2, 0) is 0 Å². The molecule has 1 aromatic heterocycles. The molecule has 0 radical (unpaired) electrons. The number of para-hydroxylation sites is 1. The second kappa shape index (κ2) is 7.93. The van der Waals surface area contributed by atoms with Crippen molar-refractivity contribution < 1.29 is 9.47 Å². The number of anilines is 4. The zero-order valence-corrected chi connectivity index (χ0v) is 15.5. The summed E-state index contributed by atoms with van der Waals surface area (Å²) in [7, 11) is 3.14.